The van der Waals surface area contributed by atoms with Crippen molar-refractivity contribution in [2.24, 2.45) is 5.73 Å². The topological polar surface area (TPSA) is 92.5 Å². The van der Waals surface area contributed by atoms with Crippen LogP contribution >= 0.6 is 0 Å². The second-order valence-corrected chi connectivity index (χ2v) is 9.58. The molecule has 1 heterocycles. The zero-order chi connectivity index (χ0) is 17.9. The first-order valence-corrected chi connectivity index (χ1v) is 10.8. The van der Waals surface area contributed by atoms with Crippen LogP contribution in [-0.2, 0) is 16.4 Å². The van der Waals surface area contributed by atoms with E-state index in [-0.39, 0.29) is 23.0 Å². The highest BCUT2D eigenvalue weighted by Gasteiger charge is 2.34. The van der Waals surface area contributed by atoms with E-state index in [1.54, 1.807) is 0 Å². The van der Waals surface area contributed by atoms with Crippen LogP contribution in [0.4, 0.5) is 0 Å². The van der Waals surface area contributed by atoms with E-state index in [9.17, 15) is 13.2 Å². The molecule has 0 bridgehead atoms. The summed E-state index contributed by atoms with van der Waals surface area (Å²) in [5.74, 6) is 0.355. The third-order valence-electron chi connectivity index (χ3n) is 5.36. The van der Waals surface area contributed by atoms with Gasteiger partial charge in [-0.2, -0.15) is 0 Å². The minimum Gasteiger partial charge on any atom is -0.345 e. The van der Waals surface area contributed by atoms with Crippen molar-refractivity contribution >= 4 is 15.7 Å². The first kappa shape index (κ1) is 18.4. The normalized spacial score (nSPS) is 22.6. The van der Waals surface area contributed by atoms with Crippen molar-refractivity contribution in [3.63, 3.8) is 0 Å². The summed E-state index contributed by atoms with van der Waals surface area (Å²) in [5, 5.41) is 3.14. The molecule has 1 saturated heterocycles. The Bertz CT molecular complexity index is 713. The van der Waals surface area contributed by atoms with Crippen molar-refractivity contribution in [3.05, 3.63) is 35.4 Å². The van der Waals surface area contributed by atoms with Gasteiger partial charge in [0.15, 0.2) is 9.84 Å². The molecule has 1 aliphatic heterocycles. The van der Waals surface area contributed by atoms with Crippen molar-refractivity contribution in [3.8, 4) is 0 Å². The molecule has 2 fully saturated rings. The van der Waals surface area contributed by atoms with E-state index >= 15 is 0 Å². The predicted octanol–water partition coefficient (Wildman–Crippen LogP) is 0.918. The number of nitrogens with one attached hydrogen (secondary N) is 1. The minimum atomic E-state index is -2.87. The molecule has 1 saturated carbocycles. The Morgan fingerprint density at radius 3 is 2.52 bits per heavy atom. The fourth-order valence-corrected chi connectivity index (χ4v) is 5.00. The molecule has 0 radical (unpaired) electrons. The third-order valence-corrected chi connectivity index (χ3v) is 6.97. The van der Waals surface area contributed by atoms with Crippen molar-refractivity contribution in [1.82, 2.24) is 10.2 Å². The van der Waals surface area contributed by atoms with Gasteiger partial charge in [0.05, 0.1) is 17.0 Å². The lowest BCUT2D eigenvalue weighted by atomic mass is 9.97. The maximum Gasteiger partial charge on any atom is 0.251 e. The molecule has 0 atom stereocenters. The number of sulfone groups is 1. The van der Waals surface area contributed by atoms with Crippen molar-refractivity contribution in [1.29, 1.82) is 0 Å². The number of hydrogen-bond acceptors (Lipinski definition) is 5. The Morgan fingerprint density at radius 2 is 1.88 bits per heavy atom. The first-order chi connectivity index (χ1) is 11.9. The second-order valence-electron chi connectivity index (χ2n) is 7.27. The fourth-order valence-electron chi connectivity index (χ4n) is 3.72. The maximum absolute atomic E-state index is 12.6. The van der Waals surface area contributed by atoms with E-state index in [1.165, 1.54) is 0 Å². The molecule has 25 heavy (non-hydrogen) atoms. The Hall–Kier alpha value is -1.44. The summed E-state index contributed by atoms with van der Waals surface area (Å²) in [4.78, 5) is 14.8. The summed E-state index contributed by atoms with van der Waals surface area (Å²) >= 11 is 0. The van der Waals surface area contributed by atoms with Gasteiger partial charge in [0.2, 0.25) is 0 Å². The van der Waals surface area contributed by atoms with Crippen LogP contribution in [-0.4, -0.2) is 55.9 Å². The van der Waals surface area contributed by atoms with Gasteiger partial charge in [-0.15, -0.1) is 0 Å². The fraction of sp³-hybridized carbons (Fsp3) is 0.611. The zero-order valence-corrected chi connectivity index (χ0v) is 15.4. The number of nitrogens with zero attached hydrogens (tertiary/aromatic N) is 1. The number of carbonyl (C=O) groups is 1. The second kappa shape index (κ2) is 7.43. The molecule has 0 unspecified atom stereocenters. The zero-order valence-electron chi connectivity index (χ0n) is 14.5. The van der Waals surface area contributed by atoms with Gasteiger partial charge in [-0.3, -0.25) is 9.69 Å². The van der Waals surface area contributed by atoms with Crippen LogP contribution in [0.5, 0.6) is 0 Å². The molecule has 1 aromatic rings. The largest absolute Gasteiger partial charge is 0.345 e. The highest BCUT2D eigenvalue weighted by molar-refractivity contribution is 7.91. The molecule has 1 amide bonds. The van der Waals surface area contributed by atoms with Crippen LogP contribution in [0.25, 0.3) is 0 Å². The number of rotatable bonds is 5. The molecule has 1 aliphatic carbocycles. The maximum atomic E-state index is 12.6. The average Bonchev–Trinajstić information content (AvgIpc) is 3.06. The van der Waals surface area contributed by atoms with Crippen LogP contribution in [0.15, 0.2) is 24.3 Å². The van der Waals surface area contributed by atoms with E-state index in [2.05, 4.69) is 10.2 Å². The Balaban J connectivity index is 1.64. The highest BCUT2D eigenvalue weighted by atomic mass is 32.2. The molecule has 3 N–H and O–H groups in total. The van der Waals surface area contributed by atoms with Crippen molar-refractivity contribution < 1.29 is 13.2 Å². The van der Waals surface area contributed by atoms with Crippen LogP contribution in [0.1, 0.15) is 41.6 Å². The molecule has 3 rings (SSSR count). The SMILES string of the molecule is NCC1(NC(=O)c2cccc(CN3CCS(=O)(=O)CC3)c2)CCCC1. The molecular weight excluding hydrogens is 338 g/mol. The number of nitrogens with two attached hydrogens (primary N) is 1. The smallest absolute Gasteiger partial charge is 0.251 e. The Kier molecular flexibility index (Phi) is 5.46. The lowest BCUT2D eigenvalue weighted by molar-refractivity contribution is 0.0903. The van der Waals surface area contributed by atoms with Crippen LogP contribution in [0, 0.1) is 0 Å². The quantitative estimate of drug-likeness (QED) is 0.809. The summed E-state index contributed by atoms with van der Waals surface area (Å²) in [6.45, 7) is 2.24. The highest BCUT2D eigenvalue weighted by Crippen LogP contribution is 2.29. The number of amides is 1. The molecule has 2 aliphatic rings. The number of carbonyl (C=O) groups excluding carboxylic acids is 1. The van der Waals surface area contributed by atoms with Gasteiger partial charge in [-0.1, -0.05) is 25.0 Å². The lowest BCUT2D eigenvalue weighted by Crippen LogP contribution is -2.51. The van der Waals surface area contributed by atoms with Gasteiger partial charge in [0, 0.05) is 31.7 Å². The van der Waals surface area contributed by atoms with Crippen molar-refractivity contribution in [2.75, 3.05) is 31.1 Å². The average molecular weight is 365 g/mol. The summed E-state index contributed by atoms with van der Waals surface area (Å²) in [6, 6.07) is 7.58. The van der Waals surface area contributed by atoms with Crippen molar-refractivity contribution in [2.45, 2.75) is 37.8 Å². The van der Waals surface area contributed by atoms with Gasteiger partial charge in [-0.05, 0) is 30.5 Å². The molecule has 6 nitrogen and oxygen atoms in total. The standard InChI is InChI=1S/C18H27N3O3S/c19-14-18(6-1-2-7-18)20-17(22)16-5-3-4-15(12-16)13-21-8-10-25(23,24)11-9-21/h3-5,12H,1-2,6-11,13-14,19H2,(H,20,22). The molecule has 0 spiro atoms. The summed E-state index contributed by atoms with van der Waals surface area (Å²) in [5.41, 5.74) is 7.31. The molecule has 0 aromatic heterocycles. The summed E-state index contributed by atoms with van der Waals surface area (Å²) < 4.78 is 23.1. The Labute approximate surface area is 149 Å². The lowest BCUT2D eigenvalue weighted by Gasteiger charge is -2.29. The molecule has 7 heteroatoms. The van der Waals surface area contributed by atoms with Gasteiger partial charge >= 0.3 is 0 Å². The first-order valence-electron chi connectivity index (χ1n) is 8.96. The predicted molar refractivity (Wildman–Crippen MR) is 98.1 cm³/mol. The Morgan fingerprint density at radius 1 is 1.20 bits per heavy atom. The van der Waals surface area contributed by atoms with Gasteiger partial charge in [-0.25, -0.2) is 8.42 Å². The van der Waals surface area contributed by atoms with E-state index in [0.717, 1.165) is 31.2 Å². The van der Waals surface area contributed by atoms with E-state index in [0.29, 0.717) is 31.7 Å². The number of hydrogen-bond donors (Lipinski definition) is 2. The summed E-state index contributed by atoms with van der Waals surface area (Å²) in [7, 11) is -2.87. The minimum absolute atomic E-state index is 0.0737. The monoisotopic (exact) mass is 365 g/mol. The van der Waals surface area contributed by atoms with Crippen LogP contribution in [0.3, 0.4) is 0 Å². The van der Waals surface area contributed by atoms with Crippen LogP contribution < -0.4 is 11.1 Å². The van der Waals surface area contributed by atoms with E-state index < -0.39 is 9.84 Å². The molecule has 138 valence electrons. The number of benzene rings is 1. The summed E-state index contributed by atoms with van der Waals surface area (Å²) in [6.07, 6.45) is 4.10. The van der Waals surface area contributed by atoms with Gasteiger partial charge < -0.3 is 11.1 Å². The van der Waals surface area contributed by atoms with Crippen LogP contribution in [0.2, 0.25) is 0 Å². The van der Waals surface area contributed by atoms with Gasteiger partial charge in [0.1, 0.15) is 0 Å². The molecule has 1 aromatic carbocycles. The van der Waals surface area contributed by atoms with E-state index in [1.807, 2.05) is 24.3 Å². The third kappa shape index (κ3) is 4.59. The van der Waals surface area contributed by atoms with E-state index in [4.69, 9.17) is 5.73 Å². The molecular formula is C18H27N3O3S. The van der Waals surface area contributed by atoms with Gasteiger partial charge in [0.25, 0.3) is 5.91 Å².